The number of benzene rings is 1. The zero-order valence-electron chi connectivity index (χ0n) is 14.6. The van der Waals surface area contributed by atoms with Crippen LogP contribution < -0.4 is 0 Å². The summed E-state index contributed by atoms with van der Waals surface area (Å²) in [7, 11) is 0. The van der Waals surface area contributed by atoms with E-state index in [2.05, 4.69) is 16.9 Å². The largest absolute Gasteiger partial charge is 0.396 e. The normalized spacial score (nSPS) is 24.6. The Kier molecular flexibility index (Phi) is 5.79. The van der Waals surface area contributed by atoms with Crippen LogP contribution in [0.25, 0.3) is 5.69 Å². The topological polar surface area (TPSA) is 61.5 Å². The molecule has 1 fully saturated rings. The molecule has 0 saturated carbocycles. The summed E-state index contributed by atoms with van der Waals surface area (Å²) in [6, 6.07) is 7.63. The van der Waals surface area contributed by atoms with Crippen molar-refractivity contribution in [2.45, 2.75) is 38.8 Å². The van der Waals surface area contributed by atoms with Gasteiger partial charge in [-0.25, -0.2) is 4.68 Å². The monoisotopic (exact) mass is 363 g/mol. The van der Waals surface area contributed by atoms with Crippen LogP contribution in [0.15, 0.2) is 36.7 Å². The van der Waals surface area contributed by atoms with Crippen molar-refractivity contribution in [1.29, 1.82) is 0 Å². The summed E-state index contributed by atoms with van der Waals surface area (Å²) in [6.45, 7) is 4.40. The molecule has 5 nitrogen and oxygen atoms in total. The van der Waals surface area contributed by atoms with Crippen LogP contribution in [0, 0.1) is 5.41 Å². The van der Waals surface area contributed by atoms with Gasteiger partial charge < -0.3 is 10.2 Å². The molecule has 1 aliphatic heterocycles. The maximum atomic E-state index is 10.4. The molecule has 25 heavy (non-hydrogen) atoms. The molecule has 2 atom stereocenters. The van der Waals surface area contributed by atoms with Crippen molar-refractivity contribution in [3.05, 3.63) is 47.2 Å². The Morgan fingerprint density at radius 3 is 2.88 bits per heavy atom. The van der Waals surface area contributed by atoms with E-state index in [0.717, 1.165) is 37.2 Å². The van der Waals surface area contributed by atoms with Crippen molar-refractivity contribution in [3.8, 4) is 5.69 Å². The third kappa shape index (κ3) is 3.90. The second kappa shape index (κ2) is 7.87. The predicted octanol–water partition coefficient (Wildman–Crippen LogP) is 2.87. The minimum Gasteiger partial charge on any atom is -0.396 e. The van der Waals surface area contributed by atoms with Gasteiger partial charge in [0.25, 0.3) is 0 Å². The highest BCUT2D eigenvalue weighted by Crippen LogP contribution is 2.35. The van der Waals surface area contributed by atoms with E-state index in [1.165, 1.54) is 0 Å². The molecule has 136 valence electrons. The predicted molar refractivity (Wildman–Crippen MR) is 98.9 cm³/mol. The maximum absolute atomic E-state index is 10.4. The Balaban J connectivity index is 1.72. The number of rotatable bonds is 6. The van der Waals surface area contributed by atoms with Crippen LogP contribution in [0.5, 0.6) is 0 Å². The molecule has 1 aromatic heterocycles. The lowest BCUT2D eigenvalue weighted by molar-refractivity contribution is -0.0819. The van der Waals surface area contributed by atoms with Gasteiger partial charge in [0.15, 0.2) is 0 Å². The smallest absolute Gasteiger partial charge is 0.0831 e. The summed E-state index contributed by atoms with van der Waals surface area (Å²) >= 11 is 6.24. The van der Waals surface area contributed by atoms with Gasteiger partial charge in [0.05, 0.1) is 29.6 Å². The minimum atomic E-state index is -0.431. The molecule has 0 spiro atoms. The minimum absolute atomic E-state index is 0.0252. The summed E-state index contributed by atoms with van der Waals surface area (Å²) in [5.41, 5.74) is 1.55. The standard InChI is InChI=1S/C19H26ClN3O2/c1-2-8-19(14-24)13-22(9-7-18(19)25)11-15-10-21-23(12-15)17-6-4-3-5-16(17)20/h3-6,10,12,18,24-25H,2,7-9,11,13-14H2,1H3/t18-,19+/m1/s1. The molecule has 0 unspecified atom stereocenters. The number of para-hydroxylation sites is 1. The SMILES string of the molecule is CCC[C@@]1(CO)CN(Cc2cnn(-c3ccccc3Cl)c2)CC[C@H]1O. The Morgan fingerprint density at radius 2 is 2.16 bits per heavy atom. The number of likely N-dealkylation sites (tertiary alicyclic amines) is 1. The molecule has 3 rings (SSSR count). The summed E-state index contributed by atoms with van der Waals surface area (Å²) in [6.07, 6.45) is 5.90. The average molecular weight is 364 g/mol. The van der Waals surface area contributed by atoms with Gasteiger partial charge in [-0.05, 0) is 25.0 Å². The highest BCUT2D eigenvalue weighted by molar-refractivity contribution is 6.32. The Labute approximate surface area is 153 Å². The fraction of sp³-hybridized carbons (Fsp3) is 0.526. The summed E-state index contributed by atoms with van der Waals surface area (Å²) in [4.78, 5) is 2.30. The number of hydrogen-bond donors (Lipinski definition) is 2. The van der Waals surface area contributed by atoms with Gasteiger partial charge in [-0.1, -0.05) is 37.1 Å². The molecule has 6 heteroatoms. The van der Waals surface area contributed by atoms with E-state index in [1.807, 2.05) is 36.7 Å². The molecular formula is C19H26ClN3O2. The van der Waals surface area contributed by atoms with Gasteiger partial charge in [0.2, 0.25) is 0 Å². The van der Waals surface area contributed by atoms with Crippen LogP contribution in [0.1, 0.15) is 31.7 Å². The molecule has 1 aliphatic rings. The fourth-order valence-electron chi connectivity index (χ4n) is 3.82. The fourth-order valence-corrected chi connectivity index (χ4v) is 4.05. The lowest BCUT2D eigenvalue weighted by Crippen LogP contribution is -2.53. The highest BCUT2D eigenvalue weighted by Gasteiger charge is 2.41. The van der Waals surface area contributed by atoms with Gasteiger partial charge in [0, 0.05) is 36.8 Å². The molecule has 2 aromatic rings. The molecule has 2 N–H and O–H groups in total. The van der Waals surface area contributed by atoms with Gasteiger partial charge in [-0.3, -0.25) is 4.90 Å². The van der Waals surface area contributed by atoms with Crippen molar-refractivity contribution in [3.63, 3.8) is 0 Å². The first-order valence-corrected chi connectivity index (χ1v) is 9.25. The number of hydrogen-bond acceptors (Lipinski definition) is 4. The molecule has 0 amide bonds. The molecular weight excluding hydrogens is 338 g/mol. The van der Waals surface area contributed by atoms with E-state index in [1.54, 1.807) is 4.68 Å². The Hall–Kier alpha value is -1.40. The van der Waals surface area contributed by atoms with E-state index in [4.69, 9.17) is 11.6 Å². The van der Waals surface area contributed by atoms with Crippen molar-refractivity contribution >= 4 is 11.6 Å². The van der Waals surface area contributed by atoms with E-state index < -0.39 is 11.5 Å². The summed E-state index contributed by atoms with van der Waals surface area (Å²) in [5.74, 6) is 0. The zero-order chi connectivity index (χ0) is 17.9. The zero-order valence-corrected chi connectivity index (χ0v) is 15.4. The van der Waals surface area contributed by atoms with E-state index in [-0.39, 0.29) is 6.61 Å². The molecule has 0 radical (unpaired) electrons. The molecule has 1 saturated heterocycles. The Bertz CT molecular complexity index is 705. The van der Waals surface area contributed by atoms with Crippen LogP contribution in [0.2, 0.25) is 5.02 Å². The maximum Gasteiger partial charge on any atom is 0.0831 e. The van der Waals surface area contributed by atoms with Crippen molar-refractivity contribution < 1.29 is 10.2 Å². The van der Waals surface area contributed by atoms with Crippen LogP contribution in [0.3, 0.4) is 0 Å². The third-order valence-corrected chi connectivity index (χ3v) is 5.49. The van der Waals surface area contributed by atoms with E-state index >= 15 is 0 Å². The van der Waals surface area contributed by atoms with Crippen LogP contribution in [-0.2, 0) is 6.54 Å². The third-order valence-electron chi connectivity index (χ3n) is 5.17. The number of aliphatic hydroxyl groups is 2. The second-order valence-corrected chi connectivity index (χ2v) is 7.44. The summed E-state index contributed by atoms with van der Waals surface area (Å²) < 4.78 is 1.79. The lowest BCUT2D eigenvalue weighted by atomic mass is 9.74. The molecule has 2 heterocycles. The Morgan fingerprint density at radius 1 is 1.36 bits per heavy atom. The van der Waals surface area contributed by atoms with Crippen LogP contribution in [0.4, 0.5) is 0 Å². The van der Waals surface area contributed by atoms with Gasteiger partial charge >= 0.3 is 0 Å². The van der Waals surface area contributed by atoms with Crippen molar-refractivity contribution in [2.75, 3.05) is 19.7 Å². The van der Waals surface area contributed by atoms with Gasteiger partial charge in [-0.2, -0.15) is 5.10 Å². The van der Waals surface area contributed by atoms with Gasteiger partial charge in [-0.15, -0.1) is 0 Å². The van der Waals surface area contributed by atoms with Crippen molar-refractivity contribution in [1.82, 2.24) is 14.7 Å². The average Bonchev–Trinajstić information content (AvgIpc) is 3.06. The first-order chi connectivity index (χ1) is 12.1. The first kappa shape index (κ1) is 18.4. The van der Waals surface area contributed by atoms with E-state index in [9.17, 15) is 10.2 Å². The highest BCUT2D eigenvalue weighted by atomic mass is 35.5. The molecule has 0 bridgehead atoms. The molecule has 0 aliphatic carbocycles. The van der Waals surface area contributed by atoms with Crippen LogP contribution >= 0.6 is 11.6 Å². The van der Waals surface area contributed by atoms with E-state index in [0.29, 0.717) is 18.0 Å². The van der Waals surface area contributed by atoms with Crippen LogP contribution in [-0.4, -0.2) is 50.7 Å². The molecule has 1 aromatic carbocycles. The number of aliphatic hydroxyl groups excluding tert-OH is 2. The quantitative estimate of drug-likeness (QED) is 0.828. The lowest BCUT2D eigenvalue weighted by Gasteiger charge is -2.45. The number of aromatic nitrogens is 2. The first-order valence-electron chi connectivity index (χ1n) is 8.88. The van der Waals surface area contributed by atoms with Crippen molar-refractivity contribution in [2.24, 2.45) is 5.41 Å². The number of nitrogens with zero attached hydrogens (tertiary/aromatic N) is 3. The van der Waals surface area contributed by atoms with Gasteiger partial charge in [0.1, 0.15) is 0 Å². The second-order valence-electron chi connectivity index (χ2n) is 7.03. The number of halogens is 1. The summed E-state index contributed by atoms with van der Waals surface area (Å²) in [5, 5.41) is 25.4. The number of piperidine rings is 1.